The first-order valence-electron chi connectivity index (χ1n) is 9.64. The van der Waals surface area contributed by atoms with Gasteiger partial charge < -0.3 is 19.5 Å². The van der Waals surface area contributed by atoms with Crippen molar-refractivity contribution in [1.29, 1.82) is 0 Å². The second-order valence-corrected chi connectivity index (χ2v) is 7.31. The Morgan fingerprint density at radius 2 is 1.80 bits per heavy atom. The van der Waals surface area contributed by atoms with Crippen LogP contribution in [0.2, 0.25) is 0 Å². The average Bonchev–Trinajstić information content (AvgIpc) is 2.93. The van der Waals surface area contributed by atoms with Crippen molar-refractivity contribution < 1.29 is 28.6 Å². The Hall–Kier alpha value is -3.55. The molecule has 2 aliphatic rings. The van der Waals surface area contributed by atoms with Gasteiger partial charge in [-0.05, 0) is 48.9 Å². The Balaban J connectivity index is 1.55. The summed E-state index contributed by atoms with van der Waals surface area (Å²) in [5.74, 6) is 0.903. The first kappa shape index (κ1) is 19.8. The molecule has 1 N–H and O–H groups in total. The van der Waals surface area contributed by atoms with Gasteiger partial charge in [0.05, 0.1) is 26.9 Å². The zero-order chi connectivity index (χ0) is 21.3. The fourth-order valence-electron chi connectivity index (χ4n) is 3.52. The summed E-state index contributed by atoms with van der Waals surface area (Å²) in [6.45, 7) is 2.33. The molecule has 8 nitrogen and oxygen atoms in total. The van der Waals surface area contributed by atoms with Gasteiger partial charge in [-0.2, -0.15) is 0 Å². The van der Waals surface area contributed by atoms with Gasteiger partial charge in [0.2, 0.25) is 0 Å². The molecule has 0 bridgehead atoms. The SMILES string of the molecule is COc1ccc(C(=O)CN2C(=O)N[C@@](C)(c3ccc4c(c3)OCCCO4)C2=O)cc1. The predicted molar refractivity (Wildman–Crippen MR) is 107 cm³/mol. The predicted octanol–water partition coefficient (Wildman–Crippen LogP) is 2.51. The van der Waals surface area contributed by atoms with E-state index in [1.54, 1.807) is 49.4 Å². The third-order valence-electron chi connectivity index (χ3n) is 5.31. The normalized spacial score (nSPS) is 20.5. The highest BCUT2D eigenvalue weighted by molar-refractivity contribution is 6.11. The molecule has 1 atom stereocenters. The third-order valence-corrected chi connectivity index (χ3v) is 5.31. The molecular weight excluding hydrogens is 388 g/mol. The molecule has 2 aromatic rings. The molecule has 0 aromatic heterocycles. The molecule has 0 aliphatic carbocycles. The van der Waals surface area contributed by atoms with Gasteiger partial charge in [0.1, 0.15) is 11.3 Å². The van der Waals surface area contributed by atoms with E-state index in [-0.39, 0.29) is 12.3 Å². The Morgan fingerprint density at radius 1 is 1.10 bits per heavy atom. The Labute approximate surface area is 173 Å². The molecule has 30 heavy (non-hydrogen) atoms. The lowest BCUT2D eigenvalue weighted by Crippen LogP contribution is -2.41. The Bertz CT molecular complexity index is 1000. The van der Waals surface area contributed by atoms with E-state index in [1.165, 1.54) is 7.11 Å². The van der Waals surface area contributed by atoms with Crippen LogP contribution in [0.25, 0.3) is 0 Å². The van der Waals surface area contributed by atoms with Crippen LogP contribution in [-0.4, -0.2) is 49.5 Å². The van der Waals surface area contributed by atoms with Crippen LogP contribution in [0.15, 0.2) is 42.5 Å². The first-order valence-corrected chi connectivity index (χ1v) is 9.64. The number of amides is 3. The highest BCUT2D eigenvalue weighted by atomic mass is 16.5. The lowest BCUT2D eigenvalue weighted by molar-refractivity contribution is -0.130. The Morgan fingerprint density at radius 3 is 2.50 bits per heavy atom. The van der Waals surface area contributed by atoms with E-state index in [2.05, 4.69) is 5.32 Å². The van der Waals surface area contributed by atoms with E-state index in [9.17, 15) is 14.4 Å². The monoisotopic (exact) mass is 410 g/mol. The first-order chi connectivity index (χ1) is 14.4. The molecule has 0 saturated carbocycles. The van der Waals surface area contributed by atoms with Crippen LogP contribution in [0.4, 0.5) is 4.79 Å². The number of hydrogen-bond acceptors (Lipinski definition) is 6. The van der Waals surface area contributed by atoms with Crippen LogP contribution >= 0.6 is 0 Å². The van der Waals surface area contributed by atoms with Crippen molar-refractivity contribution in [2.24, 2.45) is 0 Å². The summed E-state index contributed by atoms with van der Waals surface area (Å²) in [4.78, 5) is 39.2. The number of carbonyl (C=O) groups is 3. The molecule has 156 valence electrons. The zero-order valence-electron chi connectivity index (χ0n) is 16.8. The molecule has 8 heteroatoms. The van der Waals surface area contributed by atoms with E-state index in [1.807, 2.05) is 0 Å². The second kappa shape index (κ2) is 7.70. The van der Waals surface area contributed by atoms with Gasteiger partial charge in [-0.3, -0.25) is 14.5 Å². The molecule has 3 amide bonds. The number of ether oxygens (including phenoxy) is 3. The van der Waals surface area contributed by atoms with Gasteiger partial charge in [-0.25, -0.2) is 4.79 Å². The molecule has 0 spiro atoms. The number of benzene rings is 2. The quantitative estimate of drug-likeness (QED) is 0.601. The summed E-state index contributed by atoms with van der Waals surface area (Å²) in [5.41, 5.74) is -0.354. The third kappa shape index (κ3) is 3.45. The molecule has 2 aliphatic heterocycles. The summed E-state index contributed by atoms with van der Waals surface area (Å²) >= 11 is 0. The van der Waals surface area contributed by atoms with Crippen molar-refractivity contribution in [2.45, 2.75) is 18.9 Å². The highest BCUT2D eigenvalue weighted by Crippen LogP contribution is 2.36. The molecule has 2 aromatic carbocycles. The number of methoxy groups -OCH3 is 1. The summed E-state index contributed by atoms with van der Waals surface area (Å²) < 4.78 is 16.4. The number of nitrogens with zero attached hydrogens (tertiary/aromatic N) is 1. The molecule has 4 rings (SSSR count). The minimum atomic E-state index is -1.30. The van der Waals surface area contributed by atoms with Crippen LogP contribution in [0.5, 0.6) is 17.2 Å². The lowest BCUT2D eigenvalue weighted by Gasteiger charge is -2.23. The van der Waals surface area contributed by atoms with Crippen LogP contribution in [-0.2, 0) is 10.3 Å². The number of urea groups is 1. The number of imide groups is 1. The molecule has 1 fully saturated rings. The van der Waals surface area contributed by atoms with E-state index < -0.39 is 17.5 Å². The summed E-state index contributed by atoms with van der Waals surface area (Å²) in [6, 6.07) is 11.0. The van der Waals surface area contributed by atoms with E-state index in [0.29, 0.717) is 41.6 Å². The maximum absolute atomic E-state index is 13.1. The molecular formula is C22H22N2O6. The van der Waals surface area contributed by atoms with Gasteiger partial charge in [0.25, 0.3) is 5.91 Å². The number of fused-ring (bicyclic) bond motifs is 1. The van der Waals surface area contributed by atoms with Crippen LogP contribution < -0.4 is 19.5 Å². The zero-order valence-corrected chi connectivity index (χ0v) is 16.8. The standard InChI is InChI=1S/C22H22N2O6/c1-22(15-6-9-18-19(12-15)30-11-3-10-29-18)20(26)24(21(27)23-22)13-17(25)14-4-7-16(28-2)8-5-14/h4-9,12H,3,10-11,13H2,1-2H3,(H,23,27)/t22-/m0/s1. The lowest BCUT2D eigenvalue weighted by atomic mass is 9.91. The molecule has 1 saturated heterocycles. The van der Waals surface area contributed by atoms with Crippen molar-refractivity contribution in [3.63, 3.8) is 0 Å². The van der Waals surface area contributed by atoms with Crippen LogP contribution in [0, 0.1) is 0 Å². The number of rotatable bonds is 5. The maximum atomic E-state index is 13.1. The smallest absolute Gasteiger partial charge is 0.325 e. The fraction of sp³-hybridized carbons (Fsp3) is 0.318. The average molecular weight is 410 g/mol. The van der Waals surface area contributed by atoms with Gasteiger partial charge >= 0.3 is 6.03 Å². The fourth-order valence-corrected chi connectivity index (χ4v) is 3.52. The summed E-state index contributed by atoms with van der Waals surface area (Å²) in [5, 5.41) is 2.71. The highest BCUT2D eigenvalue weighted by Gasteiger charge is 2.49. The summed E-state index contributed by atoms with van der Waals surface area (Å²) in [6.07, 6.45) is 0.762. The molecule has 0 unspecified atom stereocenters. The number of hydrogen-bond donors (Lipinski definition) is 1. The van der Waals surface area contributed by atoms with Crippen molar-refractivity contribution in [3.8, 4) is 17.2 Å². The van der Waals surface area contributed by atoms with Crippen LogP contribution in [0.1, 0.15) is 29.3 Å². The van der Waals surface area contributed by atoms with Crippen molar-refractivity contribution in [3.05, 3.63) is 53.6 Å². The largest absolute Gasteiger partial charge is 0.497 e. The van der Waals surface area contributed by atoms with Crippen molar-refractivity contribution >= 4 is 17.7 Å². The summed E-state index contributed by atoms with van der Waals surface area (Å²) in [7, 11) is 1.53. The molecule has 0 radical (unpaired) electrons. The number of carbonyl (C=O) groups excluding carboxylic acids is 3. The second-order valence-electron chi connectivity index (χ2n) is 7.31. The minimum absolute atomic E-state index is 0.343. The van der Waals surface area contributed by atoms with E-state index in [4.69, 9.17) is 14.2 Å². The topological polar surface area (TPSA) is 94.2 Å². The number of nitrogens with one attached hydrogen (secondary N) is 1. The van der Waals surface area contributed by atoms with Gasteiger partial charge in [-0.15, -0.1) is 0 Å². The van der Waals surface area contributed by atoms with Crippen LogP contribution in [0.3, 0.4) is 0 Å². The number of Topliss-reactive ketones (excluding diaryl/α,β-unsaturated/α-hetero) is 1. The van der Waals surface area contributed by atoms with E-state index >= 15 is 0 Å². The maximum Gasteiger partial charge on any atom is 0.325 e. The molecule has 2 heterocycles. The van der Waals surface area contributed by atoms with Crippen molar-refractivity contribution in [2.75, 3.05) is 26.9 Å². The van der Waals surface area contributed by atoms with Crippen molar-refractivity contribution in [1.82, 2.24) is 10.2 Å². The Kier molecular flexibility index (Phi) is 5.07. The minimum Gasteiger partial charge on any atom is -0.497 e. The number of ketones is 1. The van der Waals surface area contributed by atoms with Gasteiger partial charge in [0.15, 0.2) is 17.3 Å². The van der Waals surface area contributed by atoms with Gasteiger partial charge in [-0.1, -0.05) is 6.07 Å². The van der Waals surface area contributed by atoms with Gasteiger partial charge in [0, 0.05) is 12.0 Å². The van der Waals surface area contributed by atoms with E-state index in [0.717, 1.165) is 11.3 Å².